The maximum Gasteiger partial charge on any atom is 0.416 e. The lowest BCUT2D eigenvalue weighted by atomic mass is 10.0. The second-order valence-electron chi connectivity index (χ2n) is 8.05. The second kappa shape index (κ2) is 8.22. The van der Waals surface area contributed by atoms with E-state index in [9.17, 15) is 18.0 Å². The molecule has 1 aliphatic rings. The number of hydrogen-bond acceptors (Lipinski definition) is 7. The minimum atomic E-state index is -4.37. The van der Waals surface area contributed by atoms with Gasteiger partial charge in [0.05, 0.1) is 28.3 Å². The number of nitrogens with zero attached hydrogens (tertiary/aromatic N) is 4. The second-order valence-corrected chi connectivity index (χ2v) is 9.17. The van der Waals surface area contributed by atoms with E-state index in [1.807, 2.05) is 18.2 Å². The SMILES string of the molecule is N#CC1(NC(=O)Cc2nnc(Cc3nc4ccc(-c5ccc(C(F)(F)F)cc5)cc4s3)o2)CC1. The number of rotatable bonds is 6. The van der Waals surface area contributed by atoms with E-state index in [0.717, 1.165) is 32.9 Å². The number of benzene rings is 2. The quantitative estimate of drug-likeness (QED) is 0.427. The number of carbonyl (C=O) groups excluding carboxylic acids is 1. The number of nitrogens with one attached hydrogen (secondary N) is 1. The highest BCUT2D eigenvalue weighted by Crippen LogP contribution is 2.34. The molecule has 0 radical (unpaired) electrons. The summed E-state index contributed by atoms with van der Waals surface area (Å²) in [6.07, 6.45) is -2.91. The van der Waals surface area contributed by atoms with Crippen molar-refractivity contribution >= 4 is 27.5 Å². The van der Waals surface area contributed by atoms with Crippen LogP contribution in [-0.2, 0) is 23.8 Å². The number of carbonyl (C=O) groups is 1. The first-order chi connectivity index (χ1) is 16.2. The van der Waals surface area contributed by atoms with Gasteiger partial charge in [-0.1, -0.05) is 18.2 Å². The van der Waals surface area contributed by atoms with Gasteiger partial charge < -0.3 is 9.73 Å². The van der Waals surface area contributed by atoms with Gasteiger partial charge in [0, 0.05) is 0 Å². The predicted octanol–water partition coefficient (Wildman–Crippen LogP) is 4.67. The van der Waals surface area contributed by atoms with Crippen LogP contribution in [0.2, 0.25) is 0 Å². The molecule has 0 spiro atoms. The topological polar surface area (TPSA) is 105 Å². The fraction of sp³-hybridized carbons (Fsp3) is 0.261. The predicted molar refractivity (Wildman–Crippen MR) is 117 cm³/mol. The van der Waals surface area contributed by atoms with Crippen LogP contribution in [0.3, 0.4) is 0 Å². The first kappa shape index (κ1) is 22.0. The molecule has 2 heterocycles. The molecule has 0 aliphatic heterocycles. The number of thiazole rings is 1. The molecule has 0 bridgehead atoms. The van der Waals surface area contributed by atoms with E-state index >= 15 is 0 Å². The minimum Gasteiger partial charge on any atom is -0.424 e. The summed E-state index contributed by atoms with van der Waals surface area (Å²) in [7, 11) is 0. The van der Waals surface area contributed by atoms with E-state index < -0.39 is 17.3 Å². The van der Waals surface area contributed by atoms with Crippen LogP contribution in [-0.4, -0.2) is 26.6 Å². The molecule has 172 valence electrons. The molecule has 11 heteroatoms. The fourth-order valence-corrected chi connectivity index (χ4v) is 4.48. The van der Waals surface area contributed by atoms with E-state index in [2.05, 4.69) is 26.6 Å². The van der Waals surface area contributed by atoms with Gasteiger partial charge in [0.2, 0.25) is 17.7 Å². The van der Waals surface area contributed by atoms with Crippen molar-refractivity contribution < 1.29 is 22.4 Å². The third kappa shape index (κ3) is 4.63. The molecule has 1 saturated carbocycles. The largest absolute Gasteiger partial charge is 0.424 e. The number of halogens is 3. The lowest BCUT2D eigenvalue weighted by molar-refractivity contribution is -0.137. The van der Waals surface area contributed by atoms with Crippen molar-refractivity contribution in [1.29, 1.82) is 5.26 Å². The average molecular weight is 483 g/mol. The zero-order valence-corrected chi connectivity index (χ0v) is 18.3. The molecule has 0 unspecified atom stereocenters. The third-order valence-corrected chi connectivity index (χ3v) is 6.46. The zero-order chi connectivity index (χ0) is 23.9. The molecule has 4 aromatic rings. The van der Waals surface area contributed by atoms with Crippen molar-refractivity contribution in [2.45, 2.75) is 37.4 Å². The first-order valence-electron chi connectivity index (χ1n) is 10.3. The molecule has 0 saturated heterocycles. The van der Waals surface area contributed by atoms with Crippen molar-refractivity contribution in [1.82, 2.24) is 20.5 Å². The van der Waals surface area contributed by atoms with Crippen molar-refractivity contribution in [3.8, 4) is 17.2 Å². The van der Waals surface area contributed by atoms with Gasteiger partial charge in [0.25, 0.3) is 0 Å². The Morgan fingerprint density at radius 1 is 1.12 bits per heavy atom. The monoisotopic (exact) mass is 483 g/mol. The highest BCUT2D eigenvalue weighted by atomic mass is 32.1. The zero-order valence-electron chi connectivity index (χ0n) is 17.5. The first-order valence-corrected chi connectivity index (χ1v) is 11.2. The summed E-state index contributed by atoms with van der Waals surface area (Å²) in [6, 6.07) is 12.6. The Balaban J connectivity index is 1.27. The molecular formula is C23H16F3N5O2S. The van der Waals surface area contributed by atoms with Crippen molar-refractivity contribution in [2.24, 2.45) is 0 Å². The molecule has 1 fully saturated rings. The summed E-state index contributed by atoms with van der Waals surface area (Å²) in [5, 5.41) is 20.3. The fourth-order valence-electron chi connectivity index (χ4n) is 3.48. The van der Waals surface area contributed by atoms with Crippen LogP contribution in [0.4, 0.5) is 13.2 Å². The van der Waals surface area contributed by atoms with Crippen molar-refractivity contribution in [2.75, 3.05) is 0 Å². The molecular weight excluding hydrogens is 467 g/mol. The number of amides is 1. The van der Waals surface area contributed by atoms with Gasteiger partial charge in [-0.15, -0.1) is 21.5 Å². The van der Waals surface area contributed by atoms with Gasteiger partial charge in [0.1, 0.15) is 17.0 Å². The van der Waals surface area contributed by atoms with E-state index in [4.69, 9.17) is 9.68 Å². The van der Waals surface area contributed by atoms with E-state index in [-0.39, 0.29) is 24.6 Å². The Morgan fingerprint density at radius 3 is 2.50 bits per heavy atom. The number of alkyl halides is 3. The van der Waals surface area contributed by atoms with Crippen LogP contribution in [0.15, 0.2) is 46.9 Å². The molecule has 1 aliphatic carbocycles. The lowest BCUT2D eigenvalue weighted by Gasteiger charge is -2.07. The highest BCUT2D eigenvalue weighted by molar-refractivity contribution is 7.18. The van der Waals surface area contributed by atoms with Crippen LogP contribution < -0.4 is 5.32 Å². The number of hydrogen-bond donors (Lipinski definition) is 1. The Hall–Kier alpha value is -3.78. The maximum atomic E-state index is 12.8. The van der Waals surface area contributed by atoms with Crippen LogP contribution in [0.5, 0.6) is 0 Å². The van der Waals surface area contributed by atoms with Crippen molar-refractivity contribution in [3.05, 3.63) is 64.8 Å². The van der Waals surface area contributed by atoms with E-state index in [1.165, 1.54) is 23.5 Å². The van der Waals surface area contributed by atoms with Gasteiger partial charge in [-0.05, 0) is 48.2 Å². The molecule has 0 atom stereocenters. The van der Waals surface area contributed by atoms with E-state index in [0.29, 0.717) is 24.3 Å². The summed E-state index contributed by atoms with van der Waals surface area (Å²) in [6.45, 7) is 0. The Morgan fingerprint density at radius 2 is 1.82 bits per heavy atom. The van der Waals surface area contributed by atoms with Gasteiger partial charge in [0.15, 0.2) is 0 Å². The molecule has 2 aromatic carbocycles. The van der Waals surface area contributed by atoms with E-state index in [1.54, 1.807) is 0 Å². The molecule has 34 heavy (non-hydrogen) atoms. The third-order valence-electron chi connectivity index (χ3n) is 5.44. The summed E-state index contributed by atoms with van der Waals surface area (Å²) < 4.78 is 44.8. The number of nitriles is 1. The Bertz CT molecular complexity index is 1420. The summed E-state index contributed by atoms with van der Waals surface area (Å²) >= 11 is 1.42. The Labute approximate surface area is 195 Å². The summed E-state index contributed by atoms with van der Waals surface area (Å²) in [5.41, 5.74) is 0.773. The average Bonchev–Trinajstić information content (AvgIpc) is 3.24. The molecule has 1 amide bonds. The molecule has 7 nitrogen and oxygen atoms in total. The van der Waals surface area contributed by atoms with Crippen LogP contribution in [0.25, 0.3) is 21.3 Å². The summed E-state index contributed by atoms with van der Waals surface area (Å²) in [4.78, 5) is 16.6. The van der Waals surface area contributed by atoms with Crippen LogP contribution >= 0.6 is 11.3 Å². The van der Waals surface area contributed by atoms with Gasteiger partial charge >= 0.3 is 6.18 Å². The maximum absolute atomic E-state index is 12.8. The number of aromatic nitrogens is 3. The van der Waals surface area contributed by atoms with Gasteiger partial charge in [-0.25, -0.2) is 4.98 Å². The lowest BCUT2D eigenvalue weighted by Crippen LogP contribution is -2.36. The molecule has 2 aromatic heterocycles. The van der Waals surface area contributed by atoms with Gasteiger partial charge in [-0.3, -0.25) is 4.79 Å². The Kier molecular flexibility index (Phi) is 5.32. The minimum absolute atomic E-state index is 0.104. The smallest absolute Gasteiger partial charge is 0.416 e. The highest BCUT2D eigenvalue weighted by Gasteiger charge is 2.44. The van der Waals surface area contributed by atoms with Gasteiger partial charge in [-0.2, -0.15) is 18.4 Å². The standard InChI is InChI=1S/C23H16F3N5O2S/c24-23(25,26)15-4-1-13(2-5-15)14-3-6-16-17(9-14)34-21(28-16)11-20-31-30-19(33-20)10-18(32)29-22(12-27)7-8-22/h1-6,9H,7-8,10-11H2,(H,29,32). The van der Waals surface area contributed by atoms with Crippen molar-refractivity contribution in [3.63, 3.8) is 0 Å². The normalized spacial score (nSPS) is 14.6. The van der Waals surface area contributed by atoms with Crippen LogP contribution in [0, 0.1) is 11.3 Å². The number of fused-ring (bicyclic) bond motifs is 1. The summed E-state index contributed by atoms with van der Waals surface area (Å²) in [5.74, 6) is 0.128. The molecule has 1 N–H and O–H groups in total. The van der Waals surface area contributed by atoms with Crippen LogP contribution in [0.1, 0.15) is 35.2 Å². The molecule has 5 rings (SSSR count).